The predicted octanol–water partition coefficient (Wildman–Crippen LogP) is 1.09. The molecule has 1 aromatic carbocycles. The Morgan fingerprint density at radius 2 is 2.14 bits per heavy atom. The standard InChI is InChI=1S/C11H18N2O/c1-13(2)6-7-14-11-5-3-4-10(8-11)9-12/h3-5,8H,6-7,9,12H2,1-2H3. The summed E-state index contributed by atoms with van der Waals surface area (Å²) in [6.45, 7) is 2.19. The average Bonchev–Trinajstić information content (AvgIpc) is 2.18. The van der Waals surface area contributed by atoms with Crippen LogP contribution < -0.4 is 10.5 Å². The Morgan fingerprint density at radius 3 is 2.79 bits per heavy atom. The molecule has 0 fully saturated rings. The Hall–Kier alpha value is -1.06. The van der Waals surface area contributed by atoms with Crippen molar-refractivity contribution in [2.45, 2.75) is 6.54 Å². The highest BCUT2D eigenvalue weighted by Gasteiger charge is 1.95. The minimum atomic E-state index is 0.560. The van der Waals surface area contributed by atoms with Crippen molar-refractivity contribution in [1.29, 1.82) is 0 Å². The van der Waals surface area contributed by atoms with E-state index in [1.54, 1.807) is 0 Å². The van der Waals surface area contributed by atoms with Gasteiger partial charge in [-0.15, -0.1) is 0 Å². The molecule has 1 aromatic rings. The average molecular weight is 194 g/mol. The normalized spacial score (nSPS) is 10.6. The van der Waals surface area contributed by atoms with Crippen molar-refractivity contribution in [3.05, 3.63) is 29.8 Å². The smallest absolute Gasteiger partial charge is 0.119 e. The summed E-state index contributed by atoms with van der Waals surface area (Å²) in [7, 11) is 4.05. The van der Waals surface area contributed by atoms with E-state index in [4.69, 9.17) is 10.5 Å². The first-order valence-corrected chi connectivity index (χ1v) is 4.79. The number of nitrogens with two attached hydrogens (primary N) is 1. The highest BCUT2D eigenvalue weighted by Crippen LogP contribution is 2.12. The molecule has 0 aliphatic heterocycles. The molecule has 14 heavy (non-hydrogen) atoms. The Kier molecular flexibility index (Phi) is 4.43. The highest BCUT2D eigenvalue weighted by molar-refractivity contribution is 5.28. The molecule has 0 spiro atoms. The van der Waals surface area contributed by atoms with Gasteiger partial charge >= 0.3 is 0 Å². The van der Waals surface area contributed by atoms with Gasteiger partial charge in [0.1, 0.15) is 12.4 Å². The molecule has 0 heterocycles. The van der Waals surface area contributed by atoms with Gasteiger partial charge in [0.15, 0.2) is 0 Å². The maximum Gasteiger partial charge on any atom is 0.119 e. The molecule has 3 nitrogen and oxygen atoms in total. The summed E-state index contributed by atoms with van der Waals surface area (Å²) in [6, 6.07) is 7.90. The zero-order valence-electron chi connectivity index (χ0n) is 8.86. The fourth-order valence-electron chi connectivity index (χ4n) is 1.11. The molecular formula is C11H18N2O. The molecular weight excluding hydrogens is 176 g/mol. The lowest BCUT2D eigenvalue weighted by Gasteiger charge is -2.11. The predicted molar refractivity (Wildman–Crippen MR) is 58.4 cm³/mol. The van der Waals surface area contributed by atoms with Gasteiger partial charge in [0.25, 0.3) is 0 Å². The summed E-state index contributed by atoms with van der Waals surface area (Å²) in [5, 5.41) is 0. The molecule has 0 saturated carbocycles. The van der Waals surface area contributed by atoms with E-state index >= 15 is 0 Å². The lowest BCUT2D eigenvalue weighted by atomic mass is 10.2. The molecule has 0 amide bonds. The minimum Gasteiger partial charge on any atom is -0.492 e. The molecule has 0 unspecified atom stereocenters. The quantitative estimate of drug-likeness (QED) is 0.762. The van der Waals surface area contributed by atoms with Crippen LogP contribution in [0.2, 0.25) is 0 Å². The number of hydrogen-bond donors (Lipinski definition) is 1. The van der Waals surface area contributed by atoms with E-state index < -0.39 is 0 Å². The van der Waals surface area contributed by atoms with Crippen LogP contribution in [0.3, 0.4) is 0 Å². The third kappa shape index (κ3) is 3.77. The van der Waals surface area contributed by atoms with E-state index in [0.717, 1.165) is 17.9 Å². The van der Waals surface area contributed by atoms with Crippen LogP contribution in [0.15, 0.2) is 24.3 Å². The molecule has 0 aromatic heterocycles. The molecule has 0 bridgehead atoms. The Balaban J connectivity index is 2.42. The van der Waals surface area contributed by atoms with Crippen molar-refractivity contribution < 1.29 is 4.74 Å². The Labute approximate surface area is 85.5 Å². The topological polar surface area (TPSA) is 38.5 Å². The van der Waals surface area contributed by atoms with Crippen molar-refractivity contribution in [3.8, 4) is 5.75 Å². The summed E-state index contributed by atoms with van der Waals surface area (Å²) >= 11 is 0. The molecule has 78 valence electrons. The fourth-order valence-corrected chi connectivity index (χ4v) is 1.11. The summed E-state index contributed by atoms with van der Waals surface area (Å²) in [5.41, 5.74) is 6.64. The second-order valence-electron chi connectivity index (χ2n) is 3.50. The summed E-state index contributed by atoms with van der Waals surface area (Å²) in [6.07, 6.45) is 0. The monoisotopic (exact) mass is 194 g/mol. The molecule has 0 atom stereocenters. The van der Waals surface area contributed by atoms with Crippen molar-refractivity contribution in [1.82, 2.24) is 4.90 Å². The zero-order valence-corrected chi connectivity index (χ0v) is 8.86. The molecule has 1 rings (SSSR count). The molecule has 0 aliphatic carbocycles. The highest BCUT2D eigenvalue weighted by atomic mass is 16.5. The van der Waals surface area contributed by atoms with Crippen LogP contribution in [0, 0.1) is 0 Å². The lowest BCUT2D eigenvalue weighted by Crippen LogP contribution is -2.19. The van der Waals surface area contributed by atoms with Crippen molar-refractivity contribution in [2.24, 2.45) is 5.73 Å². The molecule has 0 saturated heterocycles. The van der Waals surface area contributed by atoms with Gasteiger partial charge in [-0.1, -0.05) is 12.1 Å². The van der Waals surface area contributed by atoms with Crippen molar-refractivity contribution >= 4 is 0 Å². The van der Waals surface area contributed by atoms with Crippen LogP contribution >= 0.6 is 0 Å². The Morgan fingerprint density at radius 1 is 1.36 bits per heavy atom. The zero-order chi connectivity index (χ0) is 10.4. The second-order valence-corrected chi connectivity index (χ2v) is 3.50. The van der Waals surface area contributed by atoms with Crippen molar-refractivity contribution in [3.63, 3.8) is 0 Å². The van der Waals surface area contributed by atoms with Gasteiger partial charge < -0.3 is 15.4 Å². The number of benzene rings is 1. The van der Waals surface area contributed by atoms with Gasteiger partial charge in [-0.05, 0) is 31.8 Å². The molecule has 3 heteroatoms. The van der Waals surface area contributed by atoms with Gasteiger partial charge in [0.2, 0.25) is 0 Å². The third-order valence-corrected chi connectivity index (χ3v) is 1.94. The number of hydrogen-bond acceptors (Lipinski definition) is 3. The first-order valence-electron chi connectivity index (χ1n) is 4.79. The molecule has 0 aliphatic rings. The summed E-state index contributed by atoms with van der Waals surface area (Å²) in [4.78, 5) is 2.09. The summed E-state index contributed by atoms with van der Waals surface area (Å²) < 4.78 is 5.56. The van der Waals surface area contributed by atoms with E-state index in [1.807, 2.05) is 38.4 Å². The van der Waals surface area contributed by atoms with Gasteiger partial charge in [-0.25, -0.2) is 0 Å². The van der Waals surface area contributed by atoms with Crippen LogP contribution in [0.4, 0.5) is 0 Å². The van der Waals surface area contributed by atoms with Crippen molar-refractivity contribution in [2.75, 3.05) is 27.2 Å². The first kappa shape index (κ1) is 11.0. The Bertz CT molecular complexity index is 274. The van der Waals surface area contributed by atoms with E-state index in [-0.39, 0.29) is 0 Å². The van der Waals surface area contributed by atoms with Crippen LogP contribution in [0.25, 0.3) is 0 Å². The fraction of sp³-hybridized carbons (Fsp3) is 0.455. The second kappa shape index (κ2) is 5.62. The summed E-state index contributed by atoms with van der Waals surface area (Å²) in [5.74, 6) is 0.898. The van der Waals surface area contributed by atoms with Crippen LogP contribution in [-0.2, 0) is 6.54 Å². The number of nitrogens with zero attached hydrogens (tertiary/aromatic N) is 1. The lowest BCUT2D eigenvalue weighted by molar-refractivity contribution is 0.261. The minimum absolute atomic E-state index is 0.560. The van der Waals surface area contributed by atoms with Gasteiger partial charge in [-0.3, -0.25) is 0 Å². The van der Waals surface area contributed by atoms with Crippen LogP contribution in [0.1, 0.15) is 5.56 Å². The van der Waals surface area contributed by atoms with Gasteiger partial charge in [0, 0.05) is 13.1 Å². The maximum atomic E-state index is 5.56. The number of rotatable bonds is 5. The molecule has 0 radical (unpaired) electrons. The van der Waals surface area contributed by atoms with Gasteiger partial charge in [-0.2, -0.15) is 0 Å². The largest absolute Gasteiger partial charge is 0.492 e. The first-order chi connectivity index (χ1) is 6.72. The maximum absolute atomic E-state index is 5.56. The van der Waals surface area contributed by atoms with Crippen LogP contribution in [0.5, 0.6) is 5.75 Å². The van der Waals surface area contributed by atoms with Gasteiger partial charge in [0.05, 0.1) is 0 Å². The van der Waals surface area contributed by atoms with Crippen LogP contribution in [-0.4, -0.2) is 32.1 Å². The molecule has 2 N–H and O–H groups in total. The number of ether oxygens (including phenoxy) is 1. The van der Waals surface area contributed by atoms with E-state index in [2.05, 4.69) is 4.90 Å². The van der Waals surface area contributed by atoms with E-state index in [0.29, 0.717) is 13.2 Å². The van der Waals surface area contributed by atoms with E-state index in [9.17, 15) is 0 Å². The number of likely N-dealkylation sites (N-methyl/N-ethyl adjacent to an activating group) is 1. The van der Waals surface area contributed by atoms with E-state index in [1.165, 1.54) is 0 Å². The SMILES string of the molecule is CN(C)CCOc1cccc(CN)c1. The third-order valence-electron chi connectivity index (χ3n) is 1.94.